The molecule has 36 valence electrons. The molecule has 0 aliphatic heterocycles. The van der Waals surface area contributed by atoms with Gasteiger partial charge in [0.15, 0.2) is 0 Å². The second kappa shape index (κ2) is 202. The Bertz CT molecular complexity index is 3.61. The molecule has 0 atom stereocenters. The van der Waals surface area contributed by atoms with Gasteiger partial charge in [0.2, 0.25) is 0 Å². The van der Waals surface area contributed by atoms with E-state index < -0.39 is 0 Å². The number of hydrogen-bond acceptors (Lipinski definition) is 2. The second-order valence-electron chi connectivity index (χ2n) is 0. The molecule has 5 heteroatoms. The Morgan fingerprint density at radius 1 is 0.600 bits per heavy atom. The van der Waals surface area contributed by atoms with Crippen LogP contribution in [0.15, 0.2) is 0 Å². The molecule has 0 radical (unpaired) electrons. The van der Waals surface area contributed by atoms with Crippen LogP contribution in [0.3, 0.4) is 0 Å². The molecule has 0 unspecified atom stereocenters. The van der Waals surface area contributed by atoms with Crippen molar-refractivity contribution in [2.45, 2.75) is 0 Å². The maximum atomic E-state index is 0. The summed E-state index contributed by atoms with van der Waals surface area (Å²) >= 11 is 0. The SMILES string of the molecule is O.O.[Mo+2].[OH-].[OH-]. The maximum absolute atomic E-state index is 0. The minimum Gasteiger partial charge on any atom is -0.870 e. The summed E-state index contributed by atoms with van der Waals surface area (Å²) in [6, 6.07) is 0. The van der Waals surface area contributed by atoms with E-state index >= 15 is 0 Å². The fourth-order valence-corrected chi connectivity index (χ4v) is 0. The van der Waals surface area contributed by atoms with Gasteiger partial charge in [-0.2, -0.15) is 0 Å². The summed E-state index contributed by atoms with van der Waals surface area (Å²) < 4.78 is 0. The molecule has 5 heavy (non-hydrogen) atoms. The van der Waals surface area contributed by atoms with Crippen LogP contribution in [0.5, 0.6) is 0 Å². The van der Waals surface area contributed by atoms with Crippen molar-refractivity contribution in [2.75, 3.05) is 0 Å². The van der Waals surface area contributed by atoms with Gasteiger partial charge >= 0.3 is 21.1 Å². The first kappa shape index (κ1) is 406. The van der Waals surface area contributed by atoms with E-state index in [1.807, 2.05) is 0 Å². The summed E-state index contributed by atoms with van der Waals surface area (Å²) in [6.07, 6.45) is 0. The molecule has 4 nitrogen and oxygen atoms in total. The van der Waals surface area contributed by atoms with Gasteiger partial charge in [-0.25, -0.2) is 0 Å². The Morgan fingerprint density at radius 2 is 0.600 bits per heavy atom. The van der Waals surface area contributed by atoms with E-state index in [0.29, 0.717) is 0 Å². The zero-order valence-corrected chi connectivity index (χ0v) is 4.31. The van der Waals surface area contributed by atoms with E-state index in [4.69, 9.17) is 0 Å². The van der Waals surface area contributed by atoms with Gasteiger partial charge in [-0.1, -0.05) is 0 Å². The van der Waals surface area contributed by atoms with Crippen LogP contribution in [-0.2, 0) is 21.1 Å². The van der Waals surface area contributed by atoms with E-state index in [2.05, 4.69) is 0 Å². The molecule has 0 fully saturated rings. The summed E-state index contributed by atoms with van der Waals surface area (Å²) in [5.74, 6) is 0. The van der Waals surface area contributed by atoms with E-state index in [1.165, 1.54) is 0 Å². The minimum absolute atomic E-state index is 0. The van der Waals surface area contributed by atoms with Gasteiger partial charge in [0.1, 0.15) is 0 Å². The summed E-state index contributed by atoms with van der Waals surface area (Å²) in [5, 5.41) is 0. The van der Waals surface area contributed by atoms with Crippen LogP contribution < -0.4 is 0 Å². The average molecular weight is 166 g/mol. The largest absolute Gasteiger partial charge is 2.00 e. The first-order valence-electron chi connectivity index (χ1n) is 0. The molecule has 0 rings (SSSR count). The summed E-state index contributed by atoms with van der Waals surface area (Å²) in [6.45, 7) is 0. The molecule has 0 aromatic heterocycles. The van der Waals surface area contributed by atoms with Crippen LogP contribution in [0.4, 0.5) is 0 Å². The van der Waals surface area contributed by atoms with Crippen molar-refractivity contribution < 1.29 is 43.0 Å². The molecular weight excluding hydrogens is 160 g/mol. The first-order chi connectivity index (χ1) is 0. The molecule has 0 saturated heterocycles. The monoisotopic (exact) mass is 168 g/mol. The third-order valence-corrected chi connectivity index (χ3v) is 0. The Kier molecular flexibility index (Phi) is 16400. The molecule has 0 saturated carbocycles. The van der Waals surface area contributed by atoms with Gasteiger partial charge in [-0.15, -0.1) is 0 Å². The van der Waals surface area contributed by atoms with Crippen LogP contribution in [0.1, 0.15) is 0 Å². The quantitative estimate of drug-likeness (QED) is 0.386. The van der Waals surface area contributed by atoms with Crippen molar-refractivity contribution in [1.29, 1.82) is 0 Å². The average Bonchev–Trinajstić information content (AvgIpc) is 0. The molecule has 0 amide bonds. The topological polar surface area (TPSA) is 123 Å². The predicted octanol–water partition coefficient (Wildman–Crippen LogP) is -2.01. The van der Waals surface area contributed by atoms with Gasteiger partial charge in [-0.3, -0.25) is 0 Å². The first-order valence-corrected chi connectivity index (χ1v) is 0. The zero-order valence-electron chi connectivity index (χ0n) is 2.30. The molecule has 6 N–H and O–H groups in total. The minimum atomic E-state index is 0. The van der Waals surface area contributed by atoms with Gasteiger partial charge < -0.3 is 21.9 Å². The third kappa shape index (κ3) is 104. The van der Waals surface area contributed by atoms with E-state index in [9.17, 15) is 0 Å². The Morgan fingerprint density at radius 3 is 0.600 bits per heavy atom. The van der Waals surface area contributed by atoms with Gasteiger partial charge in [0.05, 0.1) is 0 Å². The van der Waals surface area contributed by atoms with Crippen LogP contribution in [0.25, 0.3) is 0 Å². The normalized spacial score (nSPS) is 0. The third-order valence-electron chi connectivity index (χ3n) is 0. The molecule has 0 aliphatic carbocycles. The van der Waals surface area contributed by atoms with Crippen molar-refractivity contribution in [3.8, 4) is 0 Å². The van der Waals surface area contributed by atoms with Crippen molar-refractivity contribution in [2.24, 2.45) is 0 Å². The fourth-order valence-electron chi connectivity index (χ4n) is 0. The van der Waals surface area contributed by atoms with Crippen LogP contribution in [0, 0.1) is 0 Å². The second-order valence-corrected chi connectivity index (χ2v) is 0. The smallest absolute Gasteiger partial charge is 0.870 e. The Hall–Kier alpha value is 0.528. The standard InChI is InChI=1S/Mo.4H2O/h;4*1H2/q+2;;;;/p-2. The van der Waals surface area contributed by atoms with Crippen molar-refractivity contribution in [3.05, 3.63) is 0 Å². The van der Waals surface area contributed by atoms with Gasteiger partial charge in [0, 0.05) is 0 Å². The number of rotatable bonds is 0. The molecule has 0 aromatic carbocycles. The van der Waals surface area contributed by atoms with Gasteiger partial charge in [0.25, 0.3) is 0 Å². The van der Waals surface area contributed by atoms with Gasteiger partial charge in [-0.05, 0) is 0 Å². The maximum Gasteiger partial charge on any atom is 2.00 e. The Balaban J connectivity index is 0. The zero-order chi connectivity index (χ0) is 0. The summed E-state index contributed by atoms with van der Waals surface area (Å²) in [5.41, 5.74) is 0. The van der Waals surface area contributed by atoms with Crippen LogP contribution >= 0.6 is 0 Å². The molecule has 0 aliphatic rings. The number of hydrogen-bond donors (Lipinski definition) is 0. The molecule has 0 spiro atoms. The molecule has 0 aromatic rings. The van der Waals surface area contributed by atoms with Crippen molar-refractivity contribution >= 4 is 0 Å². The van der Waals surface area contributed by atoms with E-state index in [0.717, 1.165) is 0 Å². The summed E-state index contributed by atoms with van der Waals surface area (Å²) in [7, 11) is 0. The Labute approximate surface area is 43.7 Å². The van der Waals surface area contributed by atoms with E-state index in [-0.39, 0.29) is 43.0 Å². The molecule has 0 bridgehead atoms. The van der Waals surface area contributed by atoms with Crippen molar-refractivity contribution in [3.63, 3.8) is 0 Å². The molecular formula is H6MoO4. The van der Waals surface area contributed by atoms with Crippen LogP contribution in [-0.4, -0.2) is 21.9 Å². The van der Waals surface area contributed by atoms with Crippen molar-refractivity contribution in [1.82, 2.24) is 0 Å². The van der Waals surface area contributed by atoms with E-state index in [1.54, 1.807) is 0 Å². The summed E-state index contributed by atoms with van der Waals surface area (Å²) in [4.78, 5) is 0. The van der Waals surface area contributed by atoms with Crippen LogP contribution in [0.2, 0.25) is 0 Å². The fraction of sp³-hybridized carbons (Fsp3) is 0. The predicted molar refractivity (Wildman–Crippen MR) is 11.1 cm³/mol. The molecule has 0 heterocycles.